The van der Waals surface area contributed by atoms with Crippen molar-refractivity contribution in [3.05, 3.63) is 60.7 Å². The molecule has 1 aromatic heterocycles. The molecule has 2 aromatic carbocycles. The molecule has 1 aliphatic heterocycles. The fraction of sp³-hybridized carbons (Fsp3) is 0.286. The average Bonchev–Trinajstić information content (AvgIpc) is 2.66. The number of benzene rings is 2. The zero-order valence-electron chi connectivity index (χ0n) is 14.0. The summed E-state index contributed by atoms with van der Waals surface area (Å²) in [5, 5.41) is 2.11. The van der Waals surface area contributed by atoms with Gasteiger partial charge in [-0.2, -0.15) is 0 Å². The van der Waals surface area contributed by atoms with Crippen LogP contribution >= 0.6 is 0 Å². The molecule has 0 saturated carbocycles. The van der Waals surface area contributed by atoms with Gasteiger partial charge in [0.05, 0.1) is 12.3 Å². The van der Waals surface area contributed by atoms with Gasteiger partial charge in [-0.1, -0.05) is 30.3 Å². The second kappa shape index (κ2) is 7.19. The number of fused-ring (bicyclic) bond motifs is 1. The van der Waals surface area contributed by atoms with E-state index in [2.05, 4.69) is 4.98 Å². The molecule has 3 nitrogen and oxygen atoms in total. The Bertz CT molecular complexity index is 875. The molecule has 0 bridgehead atoms. The minimum absolute atomic E-state index is 0.124. The third kappa shape index (κ3) is 3.49. The molecule has 1 fully saturated rings. The van der Waals surface area contributed by atoms with Crippen LogP contribution in [-0.2, 0) is 4.74 Å². The van der Waals surface area contributed by atoms with Gasteiger partial charge >= 0.3 is 0 Å². The Morgan fingerprint density at radius 2 is 2.04 bits per heavy atom. The molecule has 4 rings (SSSR count). The standard InChI is InChI=1S/C21H20FNO2/c22-17-11-16(12-23-13-17)21-19-7-2-1-5-15(19)8-9-20(21)25-14-18-6-3-4-10-24-18/h1-2,5,7-9,11-13,18H,3-4,6,10,14H2. The lowest BCUT2D eigenvalue weighted by atomic mass is 9.98. The molecule has 0 amide bonds. The first kappa shape index (κ1) is 16.0. The van der Waals surface area contributed by atoms with Crippen LogP contribution in [0, 0.1) is 5.82 Å². The topological polar surface area (TPSA) is 31.4 Å². The van der Waals surface area contributed by atoms with Crippen LogP contribution in [0.3, 0.4) is 0 Å². The highest BCUT2D eigenvalue weighted by Gasteiger charge is 2.17. The summed E-state index contributed by atoms with van der Waals surface area (Å²) in [5.41, 5.74) is 1.59. The molecule has 4 heteroatoms. The Morgan fingerprint density at radius 1 is 1.12 bits per heavy atom. The Balaban J connectivity index is 1.73. The fourth-order valence-corrected chi connectivity index (χ4v) is 3.34. The number of pyridine rings is 1. The number of rotatable bonds is 4. The lowest BCUT2D eigenvalue weighted by Crippen LogP contribution is -2.25. The van der Waals surface area contributed by atoms with Crippen LogP contribution in [0.1, 0.15) is 19.3 Å². The molecular weight excluding hydrogens is 317 g/mol. The summed E-state index contributed by atoms with van der Waals surface area (Å²) in [6.07, 6.45) is 6.32. The summed E-state index contributed by atoms with van der Waals surface area (Å²) in [6.45, 7) is 1.31. The van der Waals surface area contributed by atoms with E-state index in [0.29, 0.717) is 6.61 Å². The number of halogens is 1. The first-order valence-electron chi connectivity index (χ1n) is 8.68. The highest BCUT2D eigenvalue weighted by atomic mass is 19.1. The first-order chi connectivity index (χ1) is 12.3. The highest BCUT2D eigenvalue weighted by molar-refractivity contribution is 5.99. The van der Waals surface area contributed by atoms with Crippen molar-refractivity contribution in [2.24, 2.45) is 0 Å². The van der Waals surface area contributed by atoms with Crippen molar-refractivity contribution in [1.29, 1.82) is 0 Å². The molecular formula is C21H20FNO2. The SMILES string of the molecule is Fc1cncc(-c2c(OCC3CCCCO3)ccc3ccccc23)c1. The van der Waals surface area contributed by atoms with E-state index in [0.717, 1.165) is 47.1 Å². The monoisotopic (exact) mass is 337 g/mol. The zero-order valence-corrected chi connectivity index (χ0v) is 14.0. The maximum atomic E-state index is 13.7. The Hall–Kier alpha value is -2.46. The van der Waals surface area contributed by atoms with Crippen molar-refractivity contribution in [2.75, 3.05) is 13.2 Å². The predicted molar refractivity (Wildman–Crippen MR) is 96.2 cm³/mol. The summed E-state index contributed by atoms with van der Waals surface area (Å²) in [6, 6.07) is 13.5. The maximum Gasteiger partial charge on any atom is 0.142 e. The molecule has 1 aliphatic rings. The molecule has 3 aromatic rings. The molecule has 0 spiro atoms. The van der Waals surface area contributed by atoms with Gasteiger partial charge in [0.15, 0.2) is 0 Å². The van der Waals surface area contributed by atoms with Crippen LogP contribution in [0.15, 0.2) is 54.9 Å². The van der Waals surface area contributed by atoms with E-state index in [9.17, 15) is 4.39 Å². The quantitative estimate of drug-likeness (QED) is 0.672. The zero-order chi connectivity index (χ0) is 17.1. The molecule has 128 valence electrons. The molecule has 1 atom stereocenters. The number of nitrogens with zero attached hydrogens (tertiary/aromatic N) is 1. The molecule has 0 radical (unpaired) electrons. The molecule has 2 heterocycles. The van der Waals surface area contributed by atoms with Gasteiger partial charge in [0.25, 0.3) is 0 Å². The van der Waals surface area contributed by atoms with E-state index in [1.165, 1.54) is 18.7 Å². The van der Waals surface area contributed by atoms with Crippen molar-refractivity contribution in [3.8, 4) is 16.9 Å². The molecule has 0 N–H and O–H groups in total. The number of ether oxygens (including phenoxy) is 2. The summed E-state index contributed by atoms with van der Waals surface area (Å²) in [5.74, 6) is 0.382. The maximum absolute atomic E-state index is 13.7. The van der Waals surface area contributed by atoms with Crippen LogP contribution in [0.5, 0.6) is 5.75 Å². The van der Waals surface area contributed by atoms with E-state index >= 15 is 0 Å². The third-order valence-corrected chi connectivity index (χ3v) is 4.58. The fourth-order valence-electron chi connectivity index (χ4n) is 3.34. The van der Waals surface area contributed by atoms with E-state index in [1.807, 2.05) is 36.4 Å². The van der Waals surface area contributed by atoms with Crippen molar-refractivity contribution in [3.63, 3.8) is 0 Å². The normalized spacial score (nSPS) is 17.6. The van der Waals surface area contributed by atoms with Crippen LogP contribution in [-0.4, -0.2) is 24.3 Å². The second-order valence-corrected chi connectivity index (χ2v) is 6.35. The van der Waals surface area contributed by atoms with Gasteiger partial charge in [-0.05, 0) is 42.2 Å². The minimum atomic E-state index is -0.355. The lowest BCUT2D eigenvalue weighted by molar-refractivity contribution is -0.0109. The van der Waals surface area contributed by atoms with E-state index in [1.54, 1.807) is 6.20 Å². The van der Waals surface area contributed by atoms with Gasteiger partial charge in [-0.3, -0.25) is 4.98 Å². The van der Waals surface area contributed by atoms with Gasteiger partial charge in [0, 0.05) is 23.9 Å². The predicted octanol–water partition coefficient (Wildman–Crippen LogP) is 4.99. The van der Waals surface area contributed by atoms with Crippen LogP contribution in [0.2, 0.25) is 0 Å². The number of hydrogen-bond acceptors (Lipinski definition) is 3. The largest absolute Gasteiger partial charge is 0.490 e. The third-order valence-electron chi connectivity index (χ3n) is 4.58. The summed E-state index contributed by atoms with van der Waals surface area (Å²) in [4.78, 5) is 4.00. The molecule has 25 heavy (non-hydrogen) atoms. The van der Waals surface area contributed by atoms with Crippen LogP contribution in [0.25, 0.3) is 21.9 Å². The van der Waals surface area contributed by atoms with Gasteiger partial charge in [-0.15, -0.1) is 0 Å². The summed E-state index contributed by atoms with van der Waals surface area (Å²) in [7, 11) is 0. The van der Waals surface area contributed by atoms with Gasteiger partial charge in [0.2, 0.25) is 0 Å². The number of hydrogen-bond donors (Lipinski definition) is 0. The summed E-state index contributed by atoms with van der Waals surface area (Å²) >= 11 is 0. The van der Waals surface area contributed by atoms with E-state index in [4.69, 9.17) is 9.47 Å². The Morgan fingerprint density at radius 3 is 2.88 bits per heavy atom. The molecule has 1 unspecified atom stereocenters. The summed E-state index contributed by atoms with van der Waals surface area (Å²) < 4.78 is 25.6. The second-order valence-electron chi connectivity index (χ2n) is 6.35. The smallest absolute Gasteiger partial charge is 0.142 e. The van der Waals surface area contributed by atoms with Crippen LogP contribution in [0.4, 0.5) is 4.39 Å². The van der Waals surface area contributed by atoms with E-state index in [-0.39, 0.29) is 11.9 Å². The van der Waals surface area contributed by atoms with Crippen molar-refractivity contribution < 1.29 is 13.9 Å². The lowest BCUT2D eigenvalue weighted by Gasteiger charge is -2.23. The van der Waals surface area contributed by atoms with Gasteiger partial charge in [0.1, 0.15) is 18.2 Å². The first-order valence-corrected chi connectivity index (χ1v) is 8.68. The minimum Gasteiger partial charge on any atom is -0.490 e. The van der Waals surface area contributed by atoms with E-state index < -0.39 is 0 Å². The Labute approximate surface area is 146 Å². The molecule has 1 saturated heterocycles. The van der Waals surface area contributed by atoms with Gasteiger partial charge in [-0.25, -0.2) is 4.39 Å². The average molecular weight is 337 g/mol. The van der Waals surface area contributed by atoms with Crippen molar-refractivity contribution in [1.82, 2.24) is 4.98 Å². The van der Waals surface area contributed by atoms with Crippen molar-refractivity contribution >= 4 is 10.8 Å². The number of aromatic nitrogens is 1. The Kier molecular flexibility index (Phi) is 4.61. The van der Waals surface area contributed by atoms with Crippen molar-refractivity contribution in [2.45, 2.75) is 25.4 Å². The molecule has 0 aliphatic carbocycles. The van der Waals surface area contributed by atoms with Crippen LogP contribution < -0.4 is 4.74 Å². The highest BCUT2D eigenvalue weighted by Crippen LogP contribution is 2.37. The van der Waals surface area contributed by atoms with Gasteiger partial charge < -0.3 is 9.47 Å².